The first kappa shape index (κ1) is 27.5. The Hall–Kier alpha value is -2.10. The van der Waals surface area contributed by atoms with E-state index in [4.69, 9.17) is 21.7 Å². The number of ether oxygens (including phenoxy) is 2. The number of hydrogen-bond acceptors (Lipinski definition) is 8. The fourth-order valence-corrected chi connectivity index (χ4v) is 7.32. The number of benzene rings is 1. The number of carbonyl (C=O) groups excluding carboxylic acids is 3. The van der Waals surface area contributed by atoms with E-state index in [9.17, 15) is 14.4 Å². The van der Waals surface area contributed by atoms with Gasteiger partial charge in [-0.05, 0) is 63.8 Å². The Kier molecular flexibility index (Phi) is 8.23. The van der Waals surface area contributed by atoms with E-state index < -0.39 is 17.5 Å². The van der Waals surface area contributed by atoms with Gasteiger partial charge in [-0.1, -0.05) is 49.6 Å². The number of thiocarbonyl (C=S) groups is 1. The molecule has 0 saturated heterocycles. The van der Waals surface area contributed by atoms with E-state index in [0.717, 1.165) is 64.3 Å². The first-order valence-electron chi connectivity index (χ1n) is 11.5. The molecule has 1 aromatic carbocycles. The van der Waals surface area contributed by atoms with Gasteiger partial charge in [0.2, 0.25) is 5.91 Å². The van der Waals surface area contributed by atoms with Gasteiger partial charge in [-0.15, -0.1) is 0 Å². The van der Waals surface area contributed by atoms with Crippen molar-refractivity contribution in [1.82, 2.24) is 0 Å². The number of anilines is 1. The number of hydrogen-bond donors (Lipinski definition) is 0. The van der Waals surface area contributed by atoms with Gasteiger partial charge >= 0.3 is 11.9 Å². The second-order valence-corrected chi connectivity index (χ2v) is 11.7. The van der Waals surface area contributed by atoms with E-state index in [1.54, 1.807) is 0 Å². The Morgan fingerprint density at radius 1 is 0.971 bits per heavy atom. The van der Waals surface area contributed by atoms with Crippen LogP contribution in [0.2, 0.25) is 0 Å². The lowest BCUT2D eigenvalue weighted by Gasteiger charge is -2.46. The number of aryl methyl sites for hydroxylation is 2. The average Bonchev–Trinajstić information content (AvgIpc) is 3.26. The molecule has 188 valence electrons. The molecule has 0 aromatic heterocycles. The molecule has 0 spiro atoms. The van der Waals surface area contributed by atoms with Crippen LogP contribution in [0.25, 0.3) is 5.57 Å². The maximum absolute atomic E-state index is 13.8. The van der Waals surface area contributed by atoms with E-state index in [2.05, 4.69) is 0 Å². The van der Waals surface area contributed by atoms with Crippen molar-refractivity contribution in [3.63, 3.8) is 0 Å². The summed E-state index contributed by atoms with van der Waals surface area (Å²) in [6.07, 6.45) is 1.48. The third-order valence-electron chi connectivity index (χ3n) is 6.56. The SMILES string of the molecule is CCC(CC)C(=O)N1c2cc(C)c(C)cc2C(=C2SC(C(=O)OC)=C(C(=O)OC)S2)C(=S)C1(C)C. The summed E-state index contributed by atoms with van der Waals surface area (Å²) >= 11 is 8.36. The molecular weight excluding hydrogens is 502 g/mol. The molecule has 6 nitrogen and oxygen atoms in total. The van der Waals surface area contributed by atoms with E-state index in [1.165, 1.54) is 14.2 Å². The van der Waals surface area contributed by atoms with Gasteiger partial charge in [-0.3, -0.25) is 4.79 Å². The van der Waals surface area contributed by atoms with Crippen LogP contribution in [0.5, 0.6) is 0 Å². The van der Waals surface area contributed by atoms with Gasteiger partial charge in [0.05, 0.1) is 34.5 Å². The number of esters is 2. The predicted octanol–water partition coefficient (Wildman–Crippen LogP) is 5.94. The van der Waals surface area contributed by atoms with E-state index in [0.29, 0.717) is 9.10 Å². The van der Waals surface area contributed by atoms with Gasteiger partial charge in [0.25, 0.3) is 0 Å². The maximum atomic E-state index is 13.8. The lowest BCUT2D eigenvalue weighted by molar-refractivity contribution is -0.138. The fourth-order valence-electron chi connectivity index (χ4n) is 4.29. The second kappa shape index (κ2) is 10.5. The predicted molar refractivity (Wildman–Crippen MR) is 147 cm³/mol. The minimum absolute atomic E-state index is 0.0475. The van der Waals surface area contributed by atoms with Crippen molar-refractivity contribution in [1.29, 1.82) is 0 Å². The van der Waals surface area contributed by atoms with Crippen LogP contribution in [0, 0.1) is 19.8 Å². The maximum Gasteiger partial charge on any atom is 0.346 e. The third kappa shape index (κ3) is 4.70. The molecule has 0 radical (unpaired) electrons. The lowest BCUT2D eigenvalue weighted by Crippen LogP contribution is -2.57. The Labute approximate surface area is 220 Å². The van der Waals surface area contributed by atoms with E-state index in [-0.39, 0.29) is 21.6 Å². The zero-order valence-electron chi connectivity index (χ0n) is 21.4. The summed E-state index contributed by atoms with van der Waals surface area (Å²) in [5, 5.41) is 0. The van der Waals surface area contributed by atoms with Crippen molar-refractivity contribution >= 4 is 69.7 Å². The number of amides is 1. The second-order valence-electron chi connectivity index (χ2n) is 9.04. The van der Waals surface area contributed by atoms with Gasteiger partial charge in [-0.2, -0.15) is 0 Å². The molecule has 2 aliphatic heterocycles. The van der Waals surface area contributed by atoms with Crippen LogP contribution in [0.4, 0.5) is 5.69 Å². The standard InChI is InChI=1S/C26H31NO5S3/c1-9-15(10-2)22(28)27-17-12-14(4)13(3)11-16(17)18(21(33)26(27,5)6)25-34-19(23(29)31-7)20(35-25)24(30)32-8/h11-12,15H,9-10H2,1-8H3. The molecule has 9 heteroatoms. The Morgan fingerprint density at radius 3 is 1.91 bits per heavy atom. The van der Waals surface area contributed by atoms with Crippen molar-refractivity contribution in [2.45, 2.75) is 59.9 Å². The number of nitrogens with zero attached hydrogens (tertiary/aromatic N) is 1. The monoisotopic (exact) mass is 533 g/mol. The molecule has 2 aliphatic rings. The van der Waals surface area contributed by atoms with Crippen molar-refractivity contribution in [3.05, 3.63) is 42.9 Å². The van der Waals surface area contributed by atoms with Crippen LogP contribution >= 0.6 is 35.7 Å². The van der Waals surface area contributed by atoms with Crippen LogP contribution in [-0.4, -0.2) is 42.5 Å². The fraction of sp³-hybridized carbons (Fsp3) is 0.462. The van der Waals surface area contributed by atoms with Gasteiger partial charge in [0.15, 0.2) is 0 Å². The van der Waals surface area contributed by atoms with Crippen LogP contribution in [0.1, 0.15) is 57.2 Å². The summed E-state index contributed by atoms with van der Waals surface area (Å²) < 4.78 is 10.5. The van der Waals surface area contributed by atoms with Crippen LogP contribution < -0.4 is 4.90 Å². The molecule has 0 fully saturated rings. The van der Waals surface area contributed by atoms with Crippen molar-refractivity contribution in [3.8, 4) is 0 Å². The minimum atomic E-state index is -0.799. The summed E-state index contributed by atoms with van der Waals surface area (Å²) in [5.74, 6) is -1.28. The Balaban J connectivity index is 2.29. The molecule has 1 aromatic rings. The molecule has 0 unspecified atom stereocenters. The summed E-state index contributed by atoms with van der Waals surface area (Å²) in [6, 6.07) is 4.08. The topological polar surface area (TPSA) is 72.9 Å². The molecule has 0 saturated carbocycles. The molecule has 0 bridgehead atoms. The van der Waals surface area contributed by atoms with Crippen molar-refractivity contribution in [2.24, 2.45) is 5.92 Å². The zero-order chi connectivity index (χ0) is 26.2. The number of methoxy groups -OCH3 is 2. The van der Waals surface area contributed by atoms with Gasteiger partial charge < -0.3 is 14.4 Å². The quantitative estimate of drug-likeness (QED) is 0.262. The lowest BCUT2D eigenvalue weighted by atomic mass is 9.81. The highest BCUT2D eigenvalue weighted by Gasteiger charge is 2.47. The molecule has 0 aliphatic carbocycles. The van der Waals surface area contributed by atoms with E-state index in [1.807, 2.05) is 58.6 Å². The summed E-state index contributed by atoms with van der Waals surface area (Å²) in [6.45, 7) is 12.0. The minimum Gasteiger partial charge on any atom is -0.465 e. The molecular formula is C26H31NO5S3. The van der Waals surface area contributed by atoms with Crippen LogP contribution in [-0.2, 0) is 23.9 Å². The molecule has 0 atom stereocenters. The Bertz CT molecular complexity index is 1150. The smallest absolute Gasteiger partial charge is 0.346 e. The number of fused-ring (bicyclic) bond motifs is 1. The van der Waals surface area contributed by atoms with E-state index >= 15 is 0 Å². The third-order valence-corrected chi connectivity index (χ3v) is 9.82. The molecule has 2 heterocycles. The zero-order valence-corrected chi connectivity index (χ0v) is 23.8. The highest BCUT2D eigenvalue weighted by molar-refractivity contribution is 8.29. The molecule has 3 rings (SSSR count). The van der Waals surface area contributed by atoms with Gasteiger partial charge in [0.1, 0.15) is 9.81 Å². The van der Waals surface area contributed by atoms with Crippen LogP contribution in [0.3, 0.4) is 0 Å². The van der Waals surface area contributed by atoms with Crippen molar-refractivity contribution < 1.29 is 23.9 Å². The average molecular weight is 534 g/mol. The highest BCUT2D eigenvalue weighted by atomic mass is 32.2. The number of rotatable bonds is 5. The summed E-state index contributed by atoms with van der Waals surface area (Å²) in [4.78, 5) is 41.5. The molecule has 1 amide bonds. The summed E-state index contributed by atoms with van der Waals surface area (Å²) in [5.41, 5.74) is 3.69. The van der Waals surface area contributed by atoms with Gasteiger partial charge in [-0.25, -0.2) is 9.59 Å². The molecule has 35 heavy (non-hydrogen) atoms. The van der Waals surface area contributed by atoms with Gasteiger partial charge in [0, 0.05) is 17.1 Å². The summed E-state index contributed by atoms with van der Waals surface area (Å²) in [7, 11) is 2.55. The Morgan fingerprint density at radius 2 is 1.46 bits per heavy atom. The first-order valence-corrected chi connectivity index (χ1v) is 13.5. The number of thioether (sulfide) groups is 2. The molecule has 0 N–H and O–H groups in total. The first-order chi connectivity index (χ1) is 16.4. The highest BCUT2D eigenvalue weighted by Crippen LogP contribution is 2.56. The normalized spacial score (nSPS) is 17.2. The number of carbonyl (C=O) groups is 3. The van der Waals surface area contributed by atoms with Crippen LogP contribution in [0.15, 0.2) is 26.2 Å². The van der Waals surface area contributed by atoms with Crippen molar-refractivity contribution in [2.75, 3.05) is 19.1 Å². The largest absolute Gasteiger partial charge is 0.465 e.